The van der Waals surface area contributed by atoms with Crippen LogP contribution in [0.2, 0.25) is 0 Å². The molecule has 0 saturated heterocycles. The van der Waals surface area contributed by atoms with Crippen molar-refractivity contribution in [2.24, 2.45) is 0 Å². The Morgan fingerprint density at radius 3 is 1.49 bits per heavy atom. The van der Waals surface area contributed by atoms with E-state index in [1.165, 1.54) is 0 Å². The van der Waals surface area contributed by atoms with Crippen LogP contribution < -0.4 is 0 Å². The average Bonchev–Trinajstić information content (AvgIpc) is 3.96. The maximum Gasteiger partial charge on any atom is 0.159 e. The number of nitrogens with zero attached hydrogens (tertiary/aromatic N) is 8. The minimum Gasteiger partial charge on any atom is -0.455 e. The highest BCUT2D eigenvalue weighted by Gasteiger charge is 2.23. The van der Waals surface area contributed by atoms with Gasteiger partial charge in [-0.25, -0.2) is 19.9 Å². The molecule has 7 aromatic heterocycles. The molecule has 0 unspecified atom stereocenters. The second kappa shape index (κ2) is 16.2. The summed E-state index contributed by atoms with van der Waals surface area (Å²) in [5.74, 6) is 1.28. The number of rotatable bonds is 8. The topological polar surface area (TPSA) is 108 Å². The van der Waals surface area contributed by atoms with E-state index < -0.39 is 0 Å². The van der Waals surface area contributed by atoms with Gasteiger partial charge in [-0.2, -0.15) is 0 Å². The molecule has 0 radical (unpaired) electrons. The number of hydrogen-bond acceptors (Lipinski definition) is 8. The maximum atomic E-state index is 7.05. The first-order valence-corrected chi connectivity index (χ1v) is 22.3. The van der Waals surface area contributed by atoms with Crippen LogP contribution in [0, 0.1) is 0 Å². The molecule has 9 nitrogen and oxygen atoms in total. The molecule has 6 aromatic carbocycles. The Balaban J connectivity index is 1.08. The van der Waals surface area contributed by atoms with Crippen LogP contribution in [0.3, 0.4) is 0 Å². The summed E-state index contributed by atoms with van der Waals surface area (Å²) in [5, 5.41) is 3.98. The summed E-state index contributed by atoms with van der Waals surface area (Å²) in [6.07, 6.45) is 12.9. The van der Waals surface area contributed by atoms with E-state index >= 15 is 0 Å². The van der Waals surface area contributed by atoms with Gasteiger partial charge in [0.25, 0.3) is 0 Å². The van der Waals surface area contributed by atoms with Gasteiger partial charge < -0.3 is 8.98 Å². The SMILES string of the molecule is c1ccc(-c2ccnc(-c3ccc4c(c3)c3cc(-c5nccc(-c6ccccc6)n5)ccc3n4-c3cc(-c4cccnc4)c4oc5c(-c6ccccn6)cc(-c6cccnc6)cc5c4c3)n2)cc1. The van der Waals surface area contributed by atoms with Gasteiger partial charge >= 0.3 is 0 Å². The predicted octanol–water partition coefficient (Wildman–Crippen LogP) is 14.1. The van der Waals surface area contributed by atoms with E-state index in [1.54, 1.807) is 12.4 Å². The molecule has 13 aromatic rings. The van der Waals surface area contributed by atoms with Crippen molar-refractivity contribution < 1.29 is 4.42 Å². The molecule has 0 aliphatic heterocycles. The lowest BCUT2D eigenvalue weighted by Gasteiger charge is -2.12. The van der Waals surface area contributed by atoms with Crippen molar-refractivity contribution in [2.45, 2.75) is 0 Å². The summed E-state index contributed by atoms with van der Waals surface area (Å²) in [6, 6.07) is 60.1. The third kappa shape index (κ3) is 6.76. The van der Waals surface area contributed by atoms with E-state index in [4.69, 9.17) is 29.3 Å². The fourth-order valence-corrected chi connectivity index (χ4v) is 9.36. The minimum atomic E-state index is 0.641. The molecule has 318 valence electrons. The molecule has 0 bridgehead atoms. The molecule has 68 heavy (non-hydrogen) atoms. The van der Waals surface area contributed by atoms with Crippen molar-refractivity contribution >= 4 is 43.7 Å². The standard InChI is InChI=1S/C59H36N8O/c1-3-11-37(12-4-1)51-22-27-63-58(65-51)39-18-20-54-46(29-39)47-30-40(59-64-28-23-52(66-59)38-13-5-2-6-14-38)19-21-55(47)67(54)44-33-45(42-16-10-25-61-36-42)56-49(34-44)48-31-43(41-15-9-24-60-35-41)32-50(57(48)68-56)53-17-7-8-26-62-53/h1-36H. The molecule has 0 spiro atoms. The smallest absolute Gasteiger partial charge is 0.159 e. The van der Waals surface area contributed by atoms with Gasteiger partial charge in [-0.15, -0.1) is 0 Å². The van der Waals surface area contributed by atoms with Gasteiger partial charge in [-0.05, 0) is 103 Å². The Bertz CT molecular complexity index is 3870. The molecule has 0 saturated carbocycles. The largest absolute Gasteiger partial charge is 0.455 e. The van der Waals surface area contributed by atoms with E-state index in [0.717, 1.165) is 117 Å². The monoisotopic (exact) mass is 872 g/mol. The average molecular weight is 873 g/mol. The van der Waals surface area contributed by atoms with Crippen molar-refractivity contribution in [3.05, 3.63) is 219 Å². The molecule has 0 atom stereocenters. The van der Waals surface area contributed by atoms with Crippen LogP contribution >= 0.6 is 0 Å². The van der Waals surface area contributed by atoms with Gasteiger partial charge in [0, 0.05) is 115 Å². The number of benzene rings is 6. The Labute approximate surface area is 389 Å². The molecular weight excluding hydrogens is 837 g/mol. The van der Waals surface area contributed by atoms with Gasteiger partial charge in [-0.1, -0.05) is 78.9 Å². The predicted molar refractivity (Wildman–Crippen MR) is 271 cm³/mol. The van der Waals surface area contributed by atoms with Crippen LogP contribution in [-0.2, 0) is 0 Å². The first-order valence-electron chi connectivity index (χ1n) is 22.3. The van der Waals surface area contributed by atoms with E-state index in [-0.39, 0.29) is 0 Å². The van der Waals surface area contributed by atoms with E-state index in [2.05, 4.69) is 112 Å². The Kier molecular flexibility index (Phi) is 9.28. The van der Waals surface area contributed by atoms with Gasteiger partial charge in [-0.3, -0.25) is 15.0 Å². The fourth-order valence-electron chi connectivity index (χ4n) is 9.36. The van der Waals surface area contributed by atoms with Crippen molar-refractivity contribution in [3.8, 4) is 84.5 Å². The molecule has 13 rings (SSSR count). The van der Waals surface area contributed by atoms with Crippen molar-refractivity contribution in [1.29, 1.82) is 0 Å². The first kappa shape index (κ1) is 38.9. The summed E-state index contributed by atoms with van der Waals surface area (Å²) in [6.45, 7) is 0. The highest BCUT2D eigenvalue weighted by atomic mass is 16.3. The number of pyridine rings is 3. The highest BCUT2D eigenvalue weighted by Crippen LogP contribution is 2.45. The quantitative estimate of drug-likeness (QED) is 0.148. The zero-order valence-corrected chi connectivity index (χ0v) is 36.3. The van der Waals surface area contributed by atoms with Crippen molar-refractivity contribution in [3.63, 3.8) is 0 Å². The number of furan rings is 1. The molecular formula is C59H36N8O. The summed E-state index contributed by atoms with van der Waals surface area (Å²) in [5.41, 5.74) is 15.6. The van der Waals surface area contributed by atoms with Crippen LogP contribution in [0.1, 0.15) is 0 Å². The van der Waals surface area contributed by atoms with Gasteiger partial charge in [0.1, 0.15) is 11.2 Å². The first-order chi connectivity index (χ1) is 33.7. The molecule has 0 amide bonds. The van der Waals surface area contributed by atoms with Crippen LogP contribution in [0.5, 0.6) is 0 Å². The molecule has 0 N–H and O–H groups in total. The lowest BCUT2D eigenvalue weighted by atomic mass is 9.97. The Hall–Kier alpha value is -9.47. The summed E-state index contributed by atoms with van der Waals surface area (Å²) in [7, 11) is 0. The summed E-state index contributed by atoms with van der Waals surface area (Å²) < 4.78 is 9.39. The molecule has 0 aliphatic carbocycles. The molecule has 0 fully saturated rings. The molecule has 7 heterocycles. The minimum absolute atomic E-state index is 0.641. The summed E-state index contributed by atoms with van der Waals surface area (Å²) in [4.78, 5) is 33.6. The lowest BCUT2D eigenvalue weighted by molar-refractivity contribution is 0.671. The van der Waals surface area contributed by atoms with Crippen LogP contribution in [-0.4, -0.2) is 39.5 Å². The zero-order chi connectivity index (χ0) is 45.0. The second-order valence-corrected chi connectivity index (χ2v) is 16.6. The fraction of sp³-hybridized carbons (Fsp3) is 0. The van der Waals surface area contributed by atoms with E-state index in [1.807, 2.05) is 110 Å². The molecule has 0 aliphatic rings. The zero-order valence-electron chi connectivity index (χ0n) is 36.3. The van der Waals surface area contributed by atoms with Gasteiger partial charge in [0.05, 0.1) is 28.1 Å². The summed E-state index contributed by atoms with van der Waals surface area (Å²) >= 11 is 0. The normalized spacial score (nSPS) is 11.5. The van der Waals surface area contributed by atoms with Crippen molar-refractivity contribution in [2.75, 3.05) is 0 Å². The van der Waals surface area contributed by atoms with Crippen LogP contribution in [0.15, 0.2) is 224 Å². The van der Waals surface area contributed by atoms with Crippen molar-refractivity contribution in [1.82, 2.24) is 39.5 Å². The third-order valence-corrected chi connectivity index (χ3v) is 12.6. The van der Waals surface area contributed by atoms with E-state index in [0.29, 0.717) is 11.6 Å². The van der Waals surface area contributed by atoms with E-state index in [9.17, 15) is 0 Å². The Morgan fingerprint density at radius 1 is 0.338 bits per heavy atom. The van der Waals surface area contributed by atoms with Crippen LogP contribution in [0.4, 0.5) is 0 Å². The molecule has 9 heteroatoms. The number of fused-ring (bicyclic) bond motifs is 6. The highest BCUT2D eigenvalue weighted by molar-refractivity contribution is 6.16. The lowest BCUT2D eigenvalue weighted by Crippen LogP contribution is -1.96. The van der Waals surface area contributed by atoms with Gasteiger partial charge in [0.2, 0.25) is 0 Å². The Morgan fingerprint density at radius 2 is 0.897 bits per heavy atom. The maximum absolute atomic E-state index is 7.05. The second-order valence-electron chi connectivity index (χ2n) is 16.6. The number of hydrogen-bond donors (Lipinski definition) is 0. The number of aromatic nitrogens is 8. The van der Waals surface area contributed by atoms with Crippen LogP contribution in [0.25, 0.3) is 128 Å². The van der Waals surface area contributed by atoms with Gasteiger partial charge in [0.15, 0.2) is 11.6 Å². The third-order valence-electron chi connectivity index (χ3n) is 12.6.